The Morgan fingerprint density at radius 1 is 1.32 bits per heavy atom. The van der Waals surface area contributed by atoms with E-state index in [2.05, 4.69) is 11.9 Å². The molecular weight excluding hydrogens is 246 g/mol. The molecule has 0 saturated heterocycles. The van der Waals surface area contributed by atoms with E-state index in [1.54, 1.807) is 6.08 Å². The first-order valence-electron chi connectivity index (χ1n) is 6.84. The van der Waals surface area contributed by atoms with Gasteiger partial charge in [-0.15, -0.1) is 6.58 Å². The van der Waals surface area contributed by atoms with Gasteiger partial charge >= 0.3 is 5.97 Å². The lowest BCUT2D eigenvalue weighted by Crippen LogP contribution is -2.38. The number of aliphatic carboxylic acids is 1. The van der Waals surface area contributed by atoms with Gasteiger partial charge in [-0.25, -0.2) is 0 Å². The highest BCUT2D eigenvalue weighted by Gasteiger charge is 2.26. The second-order valence-corrected chi connectivity index (χ2v) is 4.92. The fourth-order valence-electron chi connectivity index (χ4n) is 2.29. The van der Waals surface area contributed by atoms with Crippen molar-refractivity contribution in [2.24, 2.45) is 5.92 Å². The van der Waals surface area contributed by atoms with E-state index >= 15 is 0 Å². The zero-order chi connectivity index (χ0) is 14.1. The lowest BCUT2D eigenvalue weighted by Gasteiger charge is -2.26. The Kier molecular flexibility index (Phi) is 7.18. The molecule has 1 rings (SSSR count). The number of hydrogen-bond donors (Lipinski definition) is 2. The highest BCUT2D eigenvalue weighted by molar-refractivity contribution is 5.76. The van der Waals surface area contributed by atoms with Gasteiger partial charge in [-0.1, -0.05) is 6.08 Å². The molecule has 1 fully saturated rings. The molecule has 0 aromatic rings. The van der Waals surface area contributed by atoms with Crippen LogP contribution in [0.4, 0.5) is 0 Å². The van der Waals surface area contributed by atoms with Crippen LogP contribution in [0.15, 0.2) is 12.7 Å². The third-order valence-electron chi connectivity index (χ3n) is 3.37. The molecule has 0 aromatic carbocycles. The number of carboxylic acids is 1. The molecule has 0 bridgehead atoms. The van der Waals surface area contributed by atoms with Crippen LogP contribution in [0, 0.1) is 5.92 Å². The standard InChI is InChI=1S/C14H23NO4/c1-2-9-19-10-3-4-13(16)15-12-7-5-11(6-8-12)14(17)18/h2,11-12H,1,3-10H2,(H,15,16)(H,17,18). The van der Waals surface area contributed by atoms with Gasteiger partial charge in [-0.3, -0.25) is 9.59 Å². The van der Waals surface area contributed by atoms with Gasteiger partial charge in [0.25, 0.3) is 0 Å². The quantitative estimate of drug-likeness (QED) is 0.520. The van der Waals surface area contributed by atoms with Crippen LogP contribution in [-0.2, 0) is 14.3 Å². The average molecular weight is 269 g/mol. The van der Waals surface area contributed by atoms with Crippen molar-refractivity contribution in [3.8, 4) is 0 Å². The fraction of sp³-hybridized carbons (Fsp3) is 0.714. The molecule has 1 amide bonds. The monoisotopic (exact) mass is 269 g/mol. The van der Waals surface area contributed by atoms with Gasteiger partial charge in [-0.05, 0) is 32.1 Å². The molecule has 0 aromatic heterocycles. The van der Waals surface area contributed by atoms with Crippen molar-refractivity contribution in [3.05, 3.63) is 12.7 Å². The van der Waals surface area contributed by atoms with Crippen LogP contribution in [0.1, 0.15) is 38.5 Å². The van der Waals surface area contributed by atoms with Gasteiger partial charge in [0.05, 0.1) is 12.5 Å². The maximum Gasteiger partial charge on any atom is 0.306 e. The third-order valence-corrected chi connectivity index (χ3v) is 3.37. The van der Waals surface area contributed by atoms with E-state index in [1.165, 1.54) is 0 Å². The molecule has 108 valence electrons. The number of hydrogen-bond acceptors (Lipinski definition) is 3. The molecule has 1 aliphatic carbocycles. The highest BCUT2D eigenvalue weighted by Crippen LogP contribution is 2.24. The third kappa shape index (κ3) is 6.38. The summed E-state index contributed by atoms with van der Waals surface area (Å²) in [5.74, 6) is -0.925. The molecule has 0 spiro atoms. The van der Waals surface area contributed by atoms with Crippen LogP contribution < -0.4 is 5.32 Å². The second kappa shape index (κ2) is 8.69. The Balaban J connectivity index is 2.09. The Morgan fingerprint density at radius 3 is 2.58 bits per heavy atom. The predicted molar refractivity (Wildman–Crippen MR) is 71.8 cm³/mol. The van der Waals surface area contributed by atoms with Crippen molar-refractivity contribution in [1.29, 1.82) is 0 Å². The maximum atomic E-state index is 11.7. The molecule has 2 N–H and O–H groups in total. The van der Waals surface area contributed by atoms with E-state index in [0.717, 1.165) is 12.8 Å². The second-order valence-electron chi connectivity index (χ2n) is 4.92. The molecule has 5 heteroatoms. The van der Waals surface area contributed by atoms with Crippen LogP contribution in [0.2, 0.25) is 0 Å². The fourth-order valence-corrected chi connectivity index (χ4v) is 2.29. The summed E-state index contributed by atoms with van der Waals surface area (Å²) in [6.45, 7) is 4.62. The molecule has 1 aliphatic rings. The Morgan fingerprint density at radius 2 is 2.00 bits per heavy atom. The maximum absolute atomic E-state index is 11.7. The van der Waals surface area contributed by atoms with Crippen molar-refractivity contribution in [2.45, 2.75) is 44.6 Å². The van der Waals surface area contributed by atoms with Gasteiger partial charge in [0.2, 0.25) is 5.91 Å². The topological polar surface area (TPSA) is 75.6 Å². The van der Waals surface area contributed by atoms with Gasteiger partial charge < -0.3 is 15.2 Å². The number of carboxylic acid groups (broad SMARTS) is 1. The number of carbonyl (C=O) groups excluding carboxylic acids is 1. The molecule has 0 atom stereocenters. The smallest absolute Gasteiger partial charge is 0.306 e. The largest absolute Gasteiger partial charge is 0.481 e. The van der Waals surface area contributed by atoms with Crippen molar-refractivity contribution < 1.29 is 19.4 Å². The summed E-state index contributed by atoms with van der Waals surface area (Å²) in [5.41, 5.74) is 0. The molecule has 0 unspecified atom stereocenters. The number of rotatable bonds is 8. The molecule has 1 saturated carbocycles. The zero-order valence-corrected chi connectivity index (χ0v) is 11.3. The molecule has 5 nitrogen and oxygen atoms in total. The van der Waals surface area contributed by atoms with Crippen LogP contribution >= 0.6 is 0 Å². The Labute approximate surface area is 114 Å². The van der Waals surface area contributed by atoms with Gasteiger partial charge in [0.1, 0.15) is 0 Å². The summed E-state index contributed by atoms with van der Waals surface area (Å²) in [6.07, 6.45) is 5.66. The van der Waals surface area contributed by atoms with Gasteiger partial charge in [-0.2, -0.15) is 0 Å². The minimum atomic E-state index is -0.718. The summed E-state index contributed by atoms with van der Waals surface area (Å²) >= 11 is 0. The van der Waals surface area contributed by atoms with Gasteiger partial charge in [0, 0.05) is 19.1 Å². The Bertz CT molecular complexity index is 309. The number of amides is 1. The lowest BCUT2D eigenvalue weighted by molar-refractivity contribution is -0.142. The minimum Gasteiger partial charge on any atom is -0.481 e. The zero-order valence-electron chi connectivity index (χ0n) is 11.3. The minimum absolute atomic E-state index is 0.0287. The lowest BCUT2D eigenvalue weighted by atomic mass is 9.86. The SMILES string of the molecule is C=CCOCCCC(=O)NC1CCC(C(=O)O)CC1. The summed E-state index contributed by atoms with van der Waals surface area (Å²) in [4.78, 5) is 22.5. The van der Waals surface area contributed by atoms with Crippen LogP contribution in [0.25, 0.3) is 0 Å². The van der Waals surface area contributed by atoms with Gasteiger partial charge in [0.15, 0.2) is 0 Å². The summed E-state index contributed by atoms with van der Waals surface area (Å²) < 4.78 is 5.20. The molecule has 0 heterocycles. The van der Waals surface area contributed by atoms with Crippen molar-refractivity contribution in [2.75, 3.05) is 13.2 Å². The number of carbonyl (C=O) groups is 2. The van der Waals surface area contributed by atoms with E-state index in [0.29, 0.717) is 38.9 Å². The Hall–Kier alpha value is -1.36. The number of ether oxygens (including phenoxy) is 1. The molecule has 19 heavy (non-hydrogen) atoms. The predicted octanol–water partition coefficient (Wildman–Crippen LogP) is 1.73. The summed E-state index contributed by atoms with van der Waals surface area (Å²) in [6, 6.07) is 0.136. The van der Waals surface area contributed by atoms with Crippen LogP contribution in [-0.4, -0.2) is 36.2 Å². The van der Waals surface area contributed by atoms with Crippen LogP contribution in [0.5, 0.6) is 0 Å². The van der Waals surface area contributed by atoms with E-state index in [9.17, 15) is 9.59 Å². The first-order valence-corrected chi connectivity index (χ1v) is 6.84. The van der Waals surface area contributed by atoms with Crippen molar-refractivity contribution in [1.82, 2.24) is 5.32 Å². The van der Waals surface area contributed by atoms with E-state index in [4.69, 9.17) is 9.84 Å². The first kappa shape index (κ1) is 15.7. The van der Waals surface area contributed by atoms with E-state index in [1.807, 2.05) is 0 Å². The summed E-state index contributed by atoms with van der Waals surface area (Å²) in [7, 11) is 0. The van der Waals surface area contributed by atoms with Crippen molar-refractivity contribution >= 4 is 11.9 Å². The van der Waals surface area contributed by atoms with E-state index < -0.39 is 5.97 Å². The highest BCUT2D eigenvalue weighted by atomic mass is 16.5. The summed E-state index contributed by atoms with van der Waals surface area (Å²) in [5, 5.41) is 11.8. The average Bonchev–Trinajstić information content (AvgIpc) is 2.39. The number of nitrogens with one attached hydrogen (secondary N) is 1. The van der Waals surface area contributed by atoms with Crippen molar-refractivity contribution in [3.63, 3.8) is 0 Å². The normalized spacial score (nSPS) is 22.7. The molecular formula is C14H23NO4. The molecule has 0 aliphatic heterocycles. The van der Waals surface area contributed by atoms with E-state index in [-0.39, 0.29) is 17.9 Å². The first-order chi connectivity index (χ1) is 9.13. The van der Waals surface area contributed by atoms with Crippen LogP contribution in [0.3, 0.4) is 0 Å². The molecule has 0 radical (unpaired) electrons.